The lowest BCUT2D eigenvalue weighted by Gasteiger charge is -2.09. The summed E-state index contributed by atoms with van der Waals surface area (Å²) < 4.78 is 6.36. The average molecular weight is 314 g/mol. The fourth-order valence-electron chi connectivity index (χ4n) is 1.48. The predicted octanol–water partition coefficient (Wildman–Crippen LogP) is 3.31. The van der Waals surface area contributed by atoms with Crippen molar-refractivity contribution >= 4 is 21.8 Å². The Morgan fingerprint density at radius 3 is 2.78 bits per heavy atom. The number of nitrogens with one attached hydrogen (secondary N) is 1. The van der Waals surface area contributed by atoms with Gasteiger partial charge >= 0.3 is 0 Å². The molecule has 1 N–H and O–H groups in total. The summed E-state index contributed by atoms with van der Waals surface area (Å²) in [4.78, 5) is 11.5. The van der Waals surface area contributed by atoms with E-state index < -0.39 is 0 Å². The van der Waals surface area contributed by atoms with E-state index in [9.17, 15) is 4.79 Å². The molecule has 0 bridgehead atoms. The first kappa shape index (κ1) is 15.0. The van der Waals surface area contributed by atoms with Gasteiger partial charge in [0.05, 0.1) is 4.47 Å². The Kier molecular flexibility index (Phi) is 6.80. The number of unbranched alkanes of at least 4 members (excludes halogenated alkanes) is 1. The van der Waals surface area contributed by atoms with Crippen LogP contribution < -0.4 is 10.1 Å². The smallest absolute Gasteiger partial charge is 0.257 e. The number of halogens is 1. The standard InChI is InChI=1S/C14H20BrNO2/c1-3-5-8-16-14(17)10-18-13-7-6-11(4-2)9-12(13)15/h6-7,9H,3-5,8,10H2,1-2H3,(H,16,17). The van der Waals surface area contributed by atoms with Gasteiger partial charge in [0, 0.05) is 6.54 Å². The summed E-state index contributed by atoms with van der Waals surface area (Å²) in [6, 6.07) is 5.92. The molecular formula is C14H20BrNO2. The maximum atomic E-state index is 11.5. The lowest BCUT2D eigenvalue weighted by Crippen LogP contribution is -2.29. The first-order valence-corrected chi connectivity index (χ1v) is 7.14. The first-order chi connectivity index (χ1) is 8.67. The molecule has 1 rings (SSSR count). The van der Waals surface area contributed by atoms with Gasteiger partial charge in [-0.2, -0.15) is 0 Å². The van der Waals surface area contributed by atoms with Crippen molar-refractivity contribution in [1.29, 1.82) is 0 Å². The Hall–Kier alpha value is -1.03. The molecule has 0 saturated carbocycles. The van der Waals surface area contributed by atoms with Gasteiger partial charge in [-0.25, -0.2) is 0 Å². The van der Waals surface area contributed by atoms with Crippen LogP contribution in [0.15, 0.2) is 22.7 Å². The summed E-state index contributed by atoms with van der Waals surface area (Å²) in [7, 11) is 0. The monoisotopic (exact) mass is 313 g/mol. The summed E-state index contributed by atoms with van der Waals surface area (Å²) in [5, 5.41) is 2.82. The lowest BCUT2D eigenvalue weighted by molar-refractivity contribution is -0.123. The van der Waals surface area contributed by atoms with Gasteiger partial charge in [-0.3, -0.25) is 4.79 Å². The van der Waals surface area contributed by atoms with E-state index in [1.165, 1.54) is 5.56 Å². The van der Waals surface area contributed by atoms with Crippen molar-refractivity contribution in [2.75, 3.05) is 13.2 Å². The van der Waals surface area contributed by atoms with E-state index in [4.69, 9.17) is 4.74 Å². The number of benzene rings is 1. The fraction of sp³-hybridized carbons (Fsp3) is 0.500. The van der Waals surface area contributed by atoms with Gasteiger partial charge in [0.25, 0.3) is 5.91 Å². The molecule has 0 aliphatic carbocycles. The predicted molar refractivity (Wildman–Crippen MR) is 76.9 cm³/mol. The molecule has 0 spiro atoms. The third-order valence-corrected chi connectivity index (χ3v) is 3.24. The fourth-order valence-corrected chi connectivity index (χ4v) is 2.02. The van der Waals surface area contributed by atoms with Gasteiger partial charge in [0.15, 0.2) is 6.61 Å². The molecule has 0 unspecified atom stereocenters. The van der Waals surface area contributed by atoms with Gasteiger partial charge in [-0.15, -0.1) is 0 Å². The highest BCUT2D eigenvalue weighted by Gasteiger charge is 2.05. The molecule has 1 aromatic carbocycles. The van der Waals surface area contributed by atoms with Crippen LogP contribution in [0.1, 0.15) is 32.3 Å². The molecule has 0 atom stereocenters. The second-order valence-corrected chi connectivity index (χ2v) is 4.96. The molecule has 3 nitrogen and oxygen atoms in total. The van der Waals surface area contributed by atoms with Crippen LogP contribution in [-0.4, -0.2) is 19.1 Å². The molecule has 0 heterocycles. The van der Waals surface area contributed by atoms with Crippen LogP contribution in [0.4, 0.5) is 0 Å². The largest absolute Gasteiger partial charge is 0.483 e. The van der Waals surface area contributed by atoms with Gasteiger partial charge in [-0.1, -0.05) is 26.3 Å². The Bertz CT molecular complexity index is 393. The lowest BCUT2D eigenvalue weighted by atomic mass is 10.2. The van der Waals surface area contributed by atoms with E-state index in [-0.39, 0.29) is 12.5 Å². The molecular weight excluding hydrogens is 294 g/mol. The molecule has 0 aromatic heterocycles. The van der Waals surface area contributed by atoms with E-state index in [2.05, 4.69) is 35.1 Å². The van der Waals surface area contributed by atoms with Crippen LogP contribution in [0.3, 0.4) is 0 Å². The van der Waals surface area contributed by atoms with Crippen molar-refractivity contribution in [1.82, 2.24) is 5.32 Å². The number of hydrogen-bond donors (Lipinski definition) is 1. The van der Waals surface area contributed by atoms with Crippen LogP contribution in [0, 0.1) is 0 Å². The molecule has 0 aliphatic rings. The summed E-state index contributed by atoms with van der Waals surface area (Å²) in [5.74, 6) is 0.632. The van der Waals surface area contributed by atoms with Crippen LogP contribution in [-0.2, 0) is 11.2 Å². The van der Waals surface area contributed by atoms with Crippen molar-refractivity contribution in [2.24, 2.45) is 0 Å². The zero-order chi connectivity index (χ0) is 13.4. The zero-order valence-corrected chi connectivity index (χ0v) is 12.5. The van der Waals surface area contributed by atoms with E-state index in [1.807, 2.05) is 18.2 Å². The van der Waals surface area contributed by atoms with Crippen molar-refractivity contribution in [3.8, 4) is 5.75 Å². The summed E-state index contributed by atoms with van der Waals surface area (Å²) >= 11 is 3.45. The Morgan fingerprint density at radius 2 is 2.17 bits per heavy atom. The van der Waals surface area contributed by atoms with Crippen molar-refractivity contribution in [2.45, 2.75) is 33.1 Å². The minimum Gasteiger partial charge on any atom is -0.483 e. The Morgan fingerprint density at radius 1 is 1.39 bits per heavy atom. The molecule has 0 fully saturated rings. The second-order valence-electron chi connectivity index (χ2n) is 4.11. The van der Waals surface area contributed by atoms with Crippen molar-refractivity contribution in [3.05, 3.63) is 28.2 Å². The zero-order valence-electron chi connectivity index (χ0n) is 11.0. The van der Waals surface area contributed by atoms with Crippen molar-refractivity contribution < 1.29 is 9.53 Å². The molecule has 0 radical (unpaired) electrons. The quantitative estimate of drug-likeness (QED) is 0.784. The topological polar surface area (TPSA) is 38.3 Å². The highest BCUT2D eigenvalue weighted by molar-refractivity contribution is 9.10. The van der Waals surface area contributed by atoms with E-state index in [0.717, 1.165) is 23.7 Å². The molecule has 4 heteroatoms. The number of ether oxygens (including phenoxy) is 1. The summed E-state index contributed by atoms with van der Waals surface area (Å²) in [5.41, 5.74) is 1.24. The number of aryl methyl sites for hydroxylation is 1. The summed E-state index contributed by atoms with van der Waals surface area (Å²) in [6.45, 7) is 4.97. The Labute approximate surface area is 117 Å². The maximum absolute atomic E-state index is 11.5. The average Bonchev–Trinajstić information content (AvgIpc) is 2.37. The van der Waals surface area contributed by atoms with Crippen LogP contribution >= 0.6 is 15.9 Å². The first-order valence-electron chi connectivity index (χ1n) is 6.35. The molecule has 1 aromatic rings. The Balaban J connectivity index is 2.41. The normalized spacial score (nSPS) is 10.2. The van der Waals surface area contributed by atoms with Crippen LogP contribution in [0.2, 0.25) is 0 Å². The van der Waals surface area contributed by atoms with Crippen molar-refractivity contribution in [3.63, 3.8) is 0 Å². The summed E-state index contributed by atoms with van der Waals surface area (Å²) in [6.07, 6.45) is 3.06. The molecule has 0 aliphatic heterocycles. The number of rotatable bonds is 7. The van der Waals surface area contributed by atoms with E-state index >= 15 is 0 Å². The number of amides is 1. The van der Waals surface area contributed by atoms with E-state index in [1.54, 1.807) is 0 Å². The number of hydrogen-bond acceptors (Lipinski definition) is 2. The van der Waals surface area contributed by atoms with E-state index in [0.29, 0.717) is 12.3 Å². The highest BCUT2D eigenvalue weighted by Crippen LogP contribution is 2.26. The van der Waals surface area contributed by atoms with Crippen LogP contribution in [0.25, 0.3) is 0 Å². The third-order valence-electron chi connectivity index (χ3n) is 2.62. The maximum Gasteiger partial charge on any atom is 0.257 e. The molecule has 0 saturated heterocycles. The number of carbonyl (C=O) groups is 1. The minimum atomic E-state index is -0.0741. The minimum absolute atomic E-state index is 0.0633. The molecule has 100 valence electrons. The molecule has 18 heavy (non-hydrogen) atoms. The van der Waals surface area contributed by atoms with Crippen LogP contribution in [0.5, 0.6) is 5.75 Å². The highest BCUT2D eigenvalue weighted by atomic mass is 79.9. The number of carbonyl (C=O) groups excluding carboxylic acids is 1. The van der Waals surface area contributed by atoms with Gasteiger partial charge in [0.1, 0.15) is 5.75 Å². The van der Waals surface area contributed by atoms with Gasteiger partial charge < -0.3 is 10.1 Å². The van der Waals surface area contributed by atoms with Gasteiger partial charge in [0.2, 0.25) is 0 Å². The second kappa shape index (κ2) is 8.14. The third kappa shape index (κ3) is 5.08. The molecule has 1 amide bonds. The van der Waals surface area contributed by atoms with Gasteiger partial charge in [-0.05, 0) is 46.5 Å². The SMILES string of the molecule is CCCCNC(=O)COc1ccc(CC)cc1Br.